The van der Waals surface area contributed by atoms with Crippen LogP contribution in [0.3, 0.4) is 0 Å². The molecule has 1 N–H and O–H groups in total. The first-order valence-corrected chi connectivity index (χ1v) is 6.50. The molecule has 1 fully saturated rings. The molecule has 0 aromatic heterocycles. The largest absolute Gasteiger partial charge is 0.390 e. The molecule has 0 aliphatic carbocycles. The van der Waals surface area contributed by atoms with Crippen LogP contribution in [0.5, 0.6) is 0 Å². The summed E-state index contributed by atoms with van der Waals surface area (Å²) in [5.41, 5.74) is 0.159. The standard InChI is InChI=1S/C13H22N4O2/c1-16(2)5-3-4-15-11-12(10-14)13(18)17-6-8-19-9-7-17/h11,15H,3-9H2,1-2H3/b12-11-. The first-order valence-electron chi connectivity index (χ1n) is 6.50. The summed E-state index contributed by atoms with van der Waals surface area (Å²) in [5.74, 6) is -0.217. The van der Waals surface area contributed by atoms with Crippen molar-refractivity contribution in [2.75, 3.05) is 53.5 Å². The smallest absolute Gasteiger partial charge is 0.266 e. The van der Waals surface area contributed by atoms with E-state index in [9.17, 15) is 4.79 Å². The molecule has 1 amide bonds. The summed E-state index contributed by atoms with van der Waals surface area (Å²) in [6, 6.07) is 1.95. The number of carbonyl (C=O) groups is 1. The quantitative estimate of drug-likeness (QED) is 0.409. The zero-order chi connectivity index (χ0) is 14.1. The summed E-state index contributed by atoms with van der Waals surface area (Å²) >= 11 is 0. The molecule has 0 radical (unpaired) electrons. The predicted molar refractivity (Wildman–Crippen MR) is 72.3 cm³/mol. The van der Waals surface area contributed by atoms with Crippen LogP contribution in [0.25, 0.3) is 0 Å². The van der Waals surface area contributed by atoms with Gasteiger partial charge in [0.25, 0.3) is 5.91 Å². The van der Waals surface area contributed by atoms with E-state index >= 15 is 0 Å². The molecule has 1 aliphatic heterocycles. The molecule has 6 heteroatoms. The topological polar surface area (TPSA) is 68.6 Å². The molecular weight excluding hydrogens is 244 g/mol. The lowest BCUT2D eigenvalue weighted by molar-refractivity contribution is -0.130. The third-order valence-electron chi connectivity index (χ3n) is 2.82. The molecule has 0 bridgehead atoms. The molecule has 1 aliphatic rings. The van der Waals surface area contributed by atoms with Gasteiger partial charge in [-0.3, -0.25) is 4.79 Å². The van der Waals surface area contributed by atoms with E-state index in [1.54, 1.807) is 4.90 Å². The number of hydrogen-bond donors (Lipinski definition) is 1. The van der Waals surface area contributed by atoms with Crippen molar-refractivity contribution in [3.8, 4) is 6.07 Å². The molecule has 0 atom stereocenters. The maximum Gasteiger partial charge on any atom is 0.266 e. The van der Waals surface area contributed by atoms with Gasteiger partial charge in [0.2, 0.25) is 0 Å². The molecule has 106 valence electrons. The van der Waals surface area contributed by atoms with Crippen LogP contribution in [0.1, 0.15) is 6.42 Å². The van der Waals surface area contributed by atoms with Gasteiger partial charge >= 0.3 is 0 Å². The minimum absolute atomic E-state index is 0.159. The normalized spacial score (nSPS) is 16.3. The van der Waals surface area contributed by atoms with Gasteiger partial charge in [-0.25, -0.2) is 0 Å². The lowest BCUT2D eigenvalue weighted by Gasteiger charge is -2.26. The number of nitrogens with zero attached hydrogens (tertiary/aromatic N) is 3. The van der Waals surface area contributed by atoms with E-state index in [1.807, 2.05) is 20.2 Å². The fourth-order valence-corrected chi connectivity index (χ4v) is 1.75. The van der Waals surface area contributed by atoms with Gasteiger partial charge < -0.3 is 19.9 Å². The van der Waals surface area contributed by atoms with Gasteiger partial charge in [-0.05, 0) is 27.1 Å². The fourth-order valence-electron chi connectivity index (χ4n) is 1.75. The van der Waals surface area contributed by atoms with E-state index in [-0.39, 0.29) is 11.5 Å². The highest BCUT2D eigenvalue weighted by molar-refractivity contribution is 5.97. The summed E-state index contributed by atoms with van der Waals surface area (Å²) in [6.07, 6.45) is 2.49. The van der Waals surface area contributed by atoms with Crippen molar-refractivity contribution < 1.29 is 9.53 Å². The maximum atomic E-state index is 12.0. The zero-order valence-corrected chi connectivity index (χ0v) is 11.7. The van der Waals surface area contributed by atoms with E-state index in [0.717, 1.165) is 19.5 Å². The Bertz CT molecular complexity index is 354. The van der Waals surface area contributed by atoms with Gasteiger partial charge in [-0.15, -0.1) is 0 Å². The molecule has 1 saturated heterocycles. The van der Waals surface area contributed by atoms with Crippen molar-refractivity contribution in [1.29, 1.82) is 5.26 Å². The number of nitriles is 1. The maximum absolute atomic E-state index is 12.0. The summed E-state index contributed by atoms with van der Waals surface area (Å²) in [6.45, 7) is 3.91. The van der Waals surface area contributed by atoms with Crippen LogP contribution in [0.4, 0.5) is 0 Å². The second kappa shape index (κ2) is 8.51. The van der Waals surface area contributed by atoms with Crippen LogP contribution in [0.2, 0.25) is 0 Å². The number of morpholine rings is 1. The fraction of sp³-hybridized carbons (Fsp3) is 0.692. The third kappa shape index (κ3) is 5.73. The highest BCUT2D eigenvalue weighted by atomic mass is 16.5. The number of hydrogen-bond acceptors (Lipinski definition) is 5. The van der Waals surface area contributed by atoms with Crippen LogP contribution < -0.4 is 5.32 Å². The molecule has 6 nitrogen and oxygen atoms in total. The Kier molecular flexibility index (Phi) is 6.93. The van der Waals surface area contributed by atoms with E-state index in [2.05, 4.69) is 10.2 Å². The van der Waals surface area contributed by atoms with Crippen molar-refractivity contribution in [3.05, 3.63) is 11.8 Å². The third-order valence-corrected chi connectivity index (χ3v) is 2.82. The minimum atomic E-state index is -0.217. The lowest BCUT2D eigenvalue weighted by atomic mass is 10.2. The van der Waals surface area contributed by atoms with Crippen molar-refractivity contribution in [1.82, 2.24) is 15.1 Å². The molecular formula is C13H22N4O2. The van der Waals surface area contributed by atoms with Crippen LogP contribution in [-0.4, -0.2) is 69.2 Å². The van der Waals surface area contributed by atoms with Gasteiger partial charge in [0.05, 0.1) is 13.2 Å². The summed E-state index contributed by atoms with van der Waals surface area (Å²) in [4.78, 5) is 15.8. The number of carbonyl (C=O) groups excluding carboxylic acids is 1. The number of ether oxygens (including phenoxy) is 1. The first kappa shape index (κ1) is 15.5. The Morgan fingerprint density at radius 2 is 2.16 bits per heavy atom. The second-order valence-electron chi connectivity index (χ2n) is 4.69. The highest BCUT2D eigenvalue weighted by Gasteiger charge is 2.20. The molecule has 0 spiro atoms. The van der Waals surface area contributed by atoms with E-state index in [4.69, 9.17) is 10.00 Å². The van der Waals surface area contributed by atoms with Gasteiger partial charge in [0.1, 0.15) is 11.6 Å². The van der Waals surface area contributed by atoms with Crippen LogP contribution >= 0.6 is 0 Å². The second-order valence-corrected chi connectivity index (χ2v) is 4.69. The Morgan fingerprint density at radius 1 is 1.47 bits per heavy atom. The molecule has 1 rings (SSSR count). The average Bonchev–Trinajstić information content (AvgIpc) is 2.43. The Balaban J connectivity index is 2.38. The predicted octanol–water partition coefficient (Wildman–Crippen LogP) is -0.206. The number of nitrogens with one attached hydrogen (secondary N) is 1. The first-order chi connectivity index (χ1) is 9.15. The summed E-state index contributed by atoms with van der Waals surface area (Å²) < 4.78 is 5.18. The Morgan fingerprint density at radius 3 is 2.74 bits per heavy atom. The van der Waals surface area contributed by atoms with Crippen molar-refractivity contribution >= 4 is 5.91 Å². The number of amides is 1. The van der Waals surface area contributed by atoms with Crippen LogP contribution in [0, 0.1) is 11.3 Å². The molecule has 0 aromatic rings. The molecule has 19 heavy (non-hydrogen) atoms. The van der Waals surface area contributed by atoms with Gasteiger partial charge in [0.15, 0.2) is 0 Å². The van der Waals surface area contributed by atoms with Crippen molar-refractivity contribution in [2.45, 2.75) is 6.42 Å². The monoisotopic (exact) mass is 266 g/mol. The van der Waals surface area contributed by atoms with E-state index in [0.29, 0.717) is 26.3 Å². The highest BCUT2D eigenvalue weighted by Crippen LogP contribution is 2.03. The lowest BCUT2D eigenvalue weighted by Crippen LogP contribution is -2.41. The molecule has 1 heterocycles. The molecule has 0 unspecified atom stereocenters. The Hall–Kier alpha value is -1.58. The molecule has 0 aromatic carbocycles. The SMILES string of the molecule is CN(C)CCCN/C=C(/C#N)C(=O)N1CCOCC1. The van der Waals surface area contributed by atoms with Crippen molar-refractivity contribution in [2.24, 2.45) is 0 Å². The van der Waals surface area contributed by atoms with Crippen LogP contribution in [0.15, 0.2) is 11.8 Å². The van der Waals surface area contributed by atoms with Gasteiger partial charge in [-0.2, -0.15) is 5.26 Å². The van der Waals surface area contributed by atoms with Crippen molar-refractivity contribution in [3.63, 3.8) is 0 Å². The average molecular weight is 266 g/mol. The van der Waals surface area contributed by atoms with Crippen LogP contribution in [-0.2, 0) is 9.53 Å². The van der Waals surface area contributed by atoms with Gasteiger partial charge in [-0.1, -0.05) is 0 Å². The number of rotatable bonds is 6. The Labute approximate surface area is 114 Å². The minimum Gasteiger partial charge on any atom is -0.390 e. The summed E-state index contributed by atoms with van der Waals surface area (Å²) in [5, 5.41) is 12.0. The zero-order valence-electron chi connectivity index (χ0n) is 11.7. The summed E-state index contributed by atoms with van der Waals surface area (Å²) in [7, 11) is 4.02. The van der Waals surface area contributed by atoms with E-state index in [1.165, 1.54) is 6.20 Å². The van der Waals surface area contributed by atoms with E-state index < -0.39 is 0 Å². The molecule has 0 saturated carbocycles. The van der Waals surface area contributed by atoms with Gasteiger partial charge in [0, 0.05) is 25.8 Å².